The number of likely N-dealkylation sites (tertiary alicyclic amines) is 1. The van der Waals surface area contributed by atoms with Crippen molar-refractivity contribution in [2.75, 3.05) is 39.5 Å². The Morgan fingerprint density at radius 1 is 1.30 bits per heavy atom. The fourth-order valence-corrected chi connectivity index (χ4v) is 3.90. The minimum atomic E-state index is 0.0373. The predicted octanol–water partition coefficient (Wildman–Crippen LogP) is 1.64. The number of hydrogen-bond acceptors (Lipinski definition) is 4. The first-order chi connectivity index (χ1) is 9.67. The Bertz CT molecular complexity index is 316. The molecule has 3 saturated heterocycles. The summed E-state index contributed by atoms with van der Waals surface area (Å²) in [6, 6.07) is 1.32. The molecule has 3 aliphatic heterocycles. The van der Waals surface area contributed by atoms with E-state index in [9.17, 15) is 0 Å². The minimum absolute atomic E-state index is 0.0373. The normalized spacial score (nSPS) is 39.1. The SMILES string of the molecule is CC(C)N1CCC(CNC2CCOC3(CCOC3)C2)C1. The first kappa shape index (κ1) is 14.8. The van der Waals surface area contributed by atoms with E-state index in [0.29, 0.717) is 12.1 Å². The monoisotopic (exact) mass is 282 g/mol. The number of hydrogen-bond donors (Lipinski definition) is 1. The van der Waals surface area contributed by atoms with Gasteiger partial charge < -0.3 is 19.7 Å². The summed E-state index contributed by atoms with van der Waals surface area (Å²) in [6.07, 6.45) is 4.72. The van der Waals surface area contributed by atoms with Gasteiger partial charge in [-0.25, -0.2) is 0 Å². The Hall–Kier alpha value is -0.160. The van der Waals surface area contributed by atoms with Gasteiger partial charge in [0.15, 0.2) is 0 Å². The Kier molecular flexibility index (Phi) is 4.65. The maximum atomic E-state index is 6.00. The minimum Gasteiger partial charge on any atom is -0.378 e. The van der Waals surface area contributed by atoms with Crippen LogP contribution in [0.5, 0.6) is 0 Å². The summed E-state index contributed by atoms with van der Waals surface area (Å²) in [4.78, 5) is 2.60. The van der Waals surface area contributed by atoms with Gasteiger partial charge in [0.2, 0.25) is 0 Å². The lowest BCUT2D eigenvalue weighted by molar-refractivity contribution is -0.0895. The second kappa shape index (κ2) is 6.30. The molecule has 4 nitrogen and oxygen atoms in total. The molecule has 3 atom stereocenters. The molecule has 0 radical (unpaired) electrons. The van der Waals surface area contributed by atoms with Gasteiger partial charge in [-0.3, -0.25) is 0 Å². The van der Waals surface area contributed by atoms with E-state index >= 15 is 0 Å². The fraction of sp³-hybridized carbons (Fsp3) is 1.00. The van der Waals surface area contributed by atoms with Crippen LogP contribution in [0, 0.1) is 5.92 Å². The third-order valence-electron chi connectivity index (χ3n) is 5.30. The van der Waals surface area contributed by atoms with Gasteiger partial charge in [-0.2, -0.15) is 0 Å². The van der Waals surface area contributed by atoms with Gasteiger partial charge in [0.05, 0.1) is 12.2 Å². The molecule has 116 valence electrons. The second-order valence-electron chi connectivity index (χ2n) is 7.18. The summed E-state index contributed by atoms with van der Waals surface area (Å²) in [5, 5.41) is 3.81. The molecule has 3 fully saturated rings. The van der Waals surface area contributed by atoms with Crippen LogP contribution >= 0.6 is 0 Å². The Balaban J connectivity index is 1.42. The molecule has 0 aromatic rings. The van der Waals surface area contributed by atoms with Crippen molar-refractivity contribution in [3.63, 3.8) is 0 Å². The first-order valence-corrected chi connectivity index (χ1v) is 8.36. The topological polar surface area (TPSA) is 33.7 Å². The fourth-order valence-electron chi connectivity index (χ4n) is 3.90. The lowest BCUT2D eigenvalue weighted by atomic mass is 9.89. The molecule has 4 heteroatoms. The van der Waals surface area contributed by atoms with Crippen molar-refractivity contribution in [1.29, 1.82) is 0 Å². The summed E-state index contributed by atoms with van der Waals surface area (Å²) < 4.78 is 11.5. The molecule has 3 heterocycles. The van der Waals surface area contributed by atoms with Crippen molar-refractivity contribution < 1.29 is 9.47 Å². The molecule has 0 aliphatic carbocycles. The van der Waals surface area contributed by atoms with Gasteiger partial charge in [-0.15, -0.1) is 0 Å². The van der Waals surface area contributed by atoms with E-state index < -0.39 is 0 Å². The van der Waals surface area contributed by atoms with E-state index in [4.69, 9.17) is 9.47 Å². The van der Waals surface area contributed by atoms with Gasteiger partial charge in [-0.05, 0) is 52.1 Å². The van der Waals surface area contributed by atoms with Crippen molar-refractivity contribution >= 4 is 0 Å². The quantitative estimate of drug-likeness (QED) is 0.850. The zero-order chi connectivity index (χ0) is 14.0. The maximum Gasteiger partial charge on any atom is 0.0951 e. The Labute approximate surface area is 123 Å². The zero-order valence-corrected chi connectivity index (χ0v) is 13.1. The van der Waals surface area contributed by atoms with Crippen LogP contribution in [0.3, 0.4) is 0 Å². The molecule has 0 bridgehead atoms. The highest BCUT2D eigenvalue weighted by Crippen LogP contribution is 2.33. The van der Waals surface area contributed by atoms with Crippen molar-refractivity contribution in [2.45, 2.75) is 57.2 Å². The summed E-state index contributed by atoms with van der Waals surface area (Å²) >= 11 is 0. The highest BCUT2D eigenvalue weighted by atomic mass is 16.6. The molecule has 3 unspecified atom stereocenters. The largest absolute Gasteiger partial charge is 0.378 e. The lowest BCUT2D eigenvalue weighted by Crippen LogP contribution is -2.48. The van der Waals surface area contributed by atoms with Crippen LogP contribution < -0.4 is 5.32 Å². The average Bonchev–Trinajstić information content (AvgIpc) is 3.06. The van der Waals surface area contributed by atoms with Crippen molar-refractivity contribution in [1.82, 2.24) is 10.2 Å². The number of nitrogens with one attached hydrogen (secondary N) is 1. The van der Waals surface area contributed by atoms with Crippen LogP contribution in [-0.2, 0) is 9.47 Å². The summed E-state index contributed by atoms with van der Waals surface area (Å²) in [5.74, 6) is 0.830. The summed E-state index contributed by atoms with van der Waals surface area (Å²) in [7, 11) is 0. The van der Waals surface area contributed by atoms with E-state index in [-0.39, 0.29) is 5.60 Å². The molecular formula is C16H30N2O2. The van der Waals surface area contributed by atoms with Crippen LogP contribution in [-0.4, -0.2) is 62.0 Å². The second-order valence-corrected chi connectivity index (χ2v) is 7.18. The summed E-state index contributed by atoms with van der Waals surface area (Å²) in [6.45, 7) is 10.9. The van der Waals surface area contributed by atoms with Crippen LogP contribution in [0.25, 0.3) is 0 Å². The van der Waals surface area contributed by atoms with E-state index in [2.05, 4.69) is 24.1 Å². The molecule has 3 rings (SSSR count). The van der Waals surface area contributed by atoms with E-state index in [1.807, 2.05) is 0 Å². The Morgan fingerprint density at radius 3 is 2.90 bits per heavy atom. The molecule has 1 N–H and O–H groups in total. The molecule has 0 aromatic heterocycles. The van der Waals surface area contributed by atoms with Crippen molar-refractivity contribution in [2.24, 2.45) is 5.92 Å². The molecule has 0 amide bonds. The van der Waals surface area contributed by atoms with Gasteiger partial charge in [0.25, 0.3) is 0 Å². The Morgan fingerprint density at radius 2 is 2.20 bits per heavy atom. The number of rotatable bonds is 4. The van der Waals surface area contributed by atoms with Crippen molar-refractivity contribution in [3.8, 4) is 0 Å². The van der Waals surface area contributed by atoms with Gasteiger partial charge in [-0.1, -0.05) is 0 Å². The van der Waals surface area contributed by atoms with Gasteiger partial charge in [0, 0.05) is 38.3 Å². The highest BCUT2D eigenvalue weighted by molar-refractivity contribution is 4.93. The van der Waals surface area contributed by atoms with E-state index in [1.165, 1.54) is 26.1 Å². The highest BCUT2D eigenvalue weighted by Gasteiger charge is 2.41. The van der Waals surface area contributed by atoms with Crippen molar-refractivity contribution in [3.05, 3.63) is 0 Å². The summed E-state index contributed by atoms with van der Waals surface area (Å²) in [5.41, 5.74) is 0.0373. The molecule has 3 aliphatic rings. The van der Waals surface area contributed by atoms with Crippen LogP contribution in [0.4, 0.5) is 0 Å². The number of nitrogens with zero attached hydrogens (tertiary/aromatic N) is 1. The van der Waals surface area contributed by atoms with Gasteiger partial charge >= 0.3 is 0 Å². The van der Waals surface area contributed by atoms with Crippen LogP contribution in [0.1, 0.15) is 39.5 Å². The number of ether oxygens (including phenoxy) is 2. The third-order valence-corrected chi connectivity index (χ3v) is 5.30. The van der Waals surface area contributed by atoms with E-state index in [0.717, 1.165) is 45.0 Å². The van der Waals surface area contributed by atoms with E-state index in [1.54, 1.807) is 0 Å². The molecule has 1 spiro atoms. The average molecular weight is 282 g/mol. The smallest absolute Gasteiger partial charge is 0.0951 e. The van der Waals surface area contributed by atoms with Crippen LogP contribution in [0.2, 0.25) is 0 Å². The van der Waals surface area contributed by atoms with Crippen LogP contribution in [0.15, 0.2) is 0 Å². The standard InChI is InChI=1S/C16H30N2O2/c1-13(2)18-6-3-14(11-18)10-17-15-4-7-20-16(9-15)5-8-19-12-16/h13-15,17H,3-12H2,1-2H3. The van der Waals surface area contributed by atoms with Gasteiger partial charge in [0.1, 0.15) is 0 Å². The first-order valence-electron chi connectivity index (χ1n) is 8.36. The molecular weight excluding hydrogens is 252 g/mol. The predicted molar refractivity (Wildman–Crippen MR) is 80.0 cm³/mol. The molecule has 20 heavy (non-hydrogen) atoms. The molecule has 0 aromatic carbocycles. The lowest BCUT2D eigenvalue weighted by Gasteiger charge is -2.37. The third kappa shape index (κ3) is 3.35. The molecule has 0 saturated carbocycles. The zero-order valence-electron chi connectivity index (χ0n) is 13.1. The maximum absolute atomic E-state index is 6.00.